The topological polar surface area (TPSA) is 157 Å². The Morgan fingerprint density at radius 1 is 0.851 bits per heavy atom. The molecular formula is C58H82N6O7SSi2. The number of hydrogen-bond acceptors (Lipinski definition) is 9. The van der Waals surface area contributed by atoms with Crippen LogP contribution in [0.4, 0.5) is 16.2 Å². The number of fused-ring (bicyclic) bond motifs is 1. The van der Waals surface area contributed by atoms with E-state index in [9.17, 15) is 24.3 Å². The average Bonchev–Trinajstić information content (AvgIpc) is 3.73. The molecule has 1 spiro atoms. The van der Waals surface area contributed by atoms with Crippen LogP contribution in [0.25, 0.3) is 21.3 Å². The van der Waals surface area contributed by atoms with Gasteiger partial charge in [0.05, 0.1) is 16.5 Å². The Hall–Kier alpha value is -5.11. The molecule has 1 saturated carbocycles. The number of benzene rings is 4. The van der Waals surface area contributed by atoms with Gasteiger partial charge in [0.25, 0.3) is 8.32 Å². The summed E-state index contributed by atoms with van der Waals surface area (Å²) in [5.41, 5.74) is 6.34. The predicted molar refractivity (Wildman–Crippen MR) is 308 cm³/mol. The molecular weight excluding hydrogens is 981 g/mol. The smallest absolute Gasteiger partial charge is 0.412 e. The minimum absolute atomic E-state index is 0.000224. The number of anilines is 2. The molecule has 2 heterocycles. The molecule has 1 aliphatic carbocycles. The number of nitrogens with one attached hydrogen (secondary N) is 3. The molecule has 0 unspecified atom stereocenters. The average molecular weight is 1060 g/mol. The van der Waals surface area contributed by atoms with Crippen molar-refractivity contribution in [2.75, 3.05) is 50.0 Å². The molecule has 400 valence electrons. The number of unbranched alkanes of at least 4 members (excludes halogenated alkanes) is 1. The Kier molecular flexibility index (Phi) is 17.9. The van der Waals surface area contributed by atoms with Crippen LogP contribution in [0.1, 0.15) is 110 Å². The lowest BCUT2D eigenvalue weighted by molar-refractivity contribution is -0.130. The van der Waals surface area contributed by atoms with Gasteiger partial charge in [-0.15, -0.1) is 0 Å². The van der Waals surface area contributed by atoms with E-state index in [0.717, 1.165) is 94.8 Å². The first kappa shape index (κ1) is 56.6. The van der Waals surface area contributed by atoms with E-state index in [2.05, 4.69) is 94.3 Å². The highest BCUT2D eigenvalue weighted by Crippen LogP contribution is 2.52. The van der Waals surface area contributed by atoms with Gasteiger partial charge in [-0.25, -0.2) is 4.79 Å². The van der Waals surface area contributed by atoms with E-state index in [1.54, 1.807) is 9.80 Å². The van der Waals surface area contributed by atoms with Crippen LogP contribution in [0, 0.1) is 5.41 Å². The van der Waals surface area contributed by atoms with E-state index in [1.807, 2.05) is 92.0 Å². The van der Waals surface area contributed by atoms with Gasteiger partial charge >= 0.3 is 11.0 Å². The molecule has 4 N–H and O–H groups in total. The molecule has 1 aliphatic heterocycles. The van der Waals surface area contributed by atoms with Gasteiger partial charge < -0.3 is 39.4 Å². The van der Waals surface area contributed by atoms with Crippen LogP contribution in [0.3, 0.4) is 0 Å². The maximum Gasteiger partial charge on any atom is 0.412 e. The summed E-state index contributed by atoms with van der Waals surface area (Å²) in [5.74, 6) is 0.774. The number of para-hydroxylation sites is 1. The Labute approximate surface area is 445 Å². The number of aromatic nitrogens is 1. The van der Waals surface area contributed by atoms with Crippen molar-refractivity contribution in [3.63, 3.8) is 0 Å². The summed E-state index contributed by atoms with van der Waals surface area (Å²) in [6.45, 7) is 26.5. The third kappa shape index (κ3) is 13.8. The quantitative estimate of drug-likeness (QED) is 0.0415. The molecule has 0 bridgehead atoms. The molecule has 3 amide bonds. The van der Waals surface area contributed by atoms with Gasteiger partial charge in [-0.05, 0) is 129 Å². The molecule has 74 heavy (non-hydrogen) atoms. The number of amides is 3. The van der Waals surface area contributed by atoms with Crippen molar-refractivity contribution in [2.24, 2.45) is 5.41 Å². The fourth-order valence-electron chi connectivity index (χ4n) is 9.81. The second-order valence-electron chi connectivity index (χ2n) is 23.9. The van der Waals surface area contributed by atoms with Crippen LogP contribution >= 0.6 is 11.3 Å². The number of carbonyl (C=O) groups excluding carboxylic acids is 2. The zero-order valence-corrected chi connectivity index (χ0v) is 48.7. The van der Waals surface area contributed by atoms with E-state index in [-0.39, 0.29) is 44.3 Å². The lowest BCUT2D eigenvalue weighted by Gasteiger charge is -2.54. The molecule has 1 atom stereocenters. The Morgan fingerprint density at radius 2 is 1.50 bits per heavy atom. The molecule has 2 aliphatic rings. The zero-order valence-electron chi connectivity index (χ0n) is 45.9. The molecule has 13 nitrogen and oxygen atoms in total. The number of likely N-dealkylation sites (tertiary alicyclic amines) is 1. The van der Waals surface area contributed by atoms with Crippen LogP contribution < -0.4 is 24.8 Å². The summed E-state index contributed by atoms with van der Waals surface area (Å²) >= 11 is 1.21. The number of aromatic amines is 1. The first-order valence-corrected chi connectivity index (χ1v) is 33.2. The highest BCUT2D eigenvalue weighted by Gasteiger charge is 2.50. The van der Waals surface area contributed by atoms with Gasteiger partial charge in [0.1, 0.15) is 11.3 Å². The minimum Gasteiger partial charge on any atom is -0.542 e. The van der Waals surface area contributed by atoms with Crippen LogP contribution in [0.2, 0.25) is 36.3 Å². The number of nitrogens with zero attached hydrogens (tertiary/aromatic N) is 3. The van der Waals surface area contributed by atoms with Crippen molar-refractivity contribution in [1.82, 2.24) is 20.1 Å². The molecule has 7 rings (SSSR count). The van der Waals surface area contributed by atoms with Gasteiger partial charge in [0.2, 0.25) is 11.8 Å². The van der Waals surface area contributed by atoms with Gasteiger partial charge in [0, 0.05) is 68.9 Å². The molecule has 1 saturated heterocycles. The van der Waals surface area contributed by atoms with Gasteiger partial charge in [0.15, 0.2) is 8.32 Å². The van der Waals surface area contributed by atoms with E-state index >= 15 is 0 Å². The third-order valence-electron chi connectivity index (χ3n) is 16.5. The lowest BCUT2D eigenvalue weighted by atomic mass is 9.60. The molecule has 0 radical (unpaired) electrons. The highest BCUT2D eigenvalue weighted by molar-refractivity contribution is 7.16. The standard InChI is InChI=1S/C58H82N6O7SSi2/c1-56(2,3)73(8,9)70-48-29-28-46(53-52(48)61-54(67)72-53)49(71-74(10,11)57(4,5)6)40-59-39-41-24-26-43(27-25-41)60-50(65)23-17-18-33-62(7)51(66)30-34-63-35-31-58(32-36-63)37-44(38-58)64(55(68)69)47-22-16-15-21-45(47)42-19-13-12-14-20-42/h12-16,19-22,24-29,44,49,59H,17-18,23,30-40H2,1-11H3,(H,60,65)(H,61,67)(H,68,69)/t49-/m0/s1. The van der Waals surface area contributed by atoms with Crippen molar-refractivity contribution in [2.45, 2.75) is 148 Å². The fourth-order valence-corrected chi connectivity index (χ4v) is 13.0. The molecule has 16 heteroatoms. The number of H-pyrrole nitrogens is 1. The number of thiazole rings is 1. The van der Waals surface area contributed by atoms with E-state index in [4.69, 9.17) is 8.85 Å². The van der Waals surface area contributed by atoms with Crippen molar-refractivity contribution >= 4 is 67.5 Å². The monoisotopic (exact) mass is 1060 g/mol. The third-order valence-corrected chi connectivity index (χ3v) is 26.3. The van der Waals surface area contributed by atoms with Gasteiger partial charge in [-0.1, -0.05) is 120 Å². The maximum absolute atomic E-state index is 13.1. The normalized spacial score (nSPS) is 15.9. The number of hydrogen-bond donors (Lipinski definition) is 4. The predicted octanol–water partition coefficient (Wildman–Crippen LogP) is 12.9. The number of piperidine rings is 1. The van der Waals surface area contributed by atoms with Crippen LogP contribution in [-0.4, -0.2) is 100 Å². The minimum atomic E-state index is -2.24. The van der Waals surface area contributed by atoms with Crippen molar-refractivity contribution in [3.05, 3.63) is 112 Å². The van der Waals surface area contributed by atoms with Crippen LogP contribution in [0.5, 0.6) is 5.75 Å². The largest absolute Gasteiger partial charge is 0.542 e. The summed E-state index contributed by atoms with van der Waals surface area (Å²) in [6, 6.07) is 29.7. The van der Waals surface area contributed by atoms with Crippen molar-refractivity contribution < 1.29 is 28.3 Å². The Bertz CT molecular complexity index is 2770. The summed E-state index contributed by atoms with van der Waals surface area (Å²) in [6.07, 6.45) is 4.75. The van der Waals surface area contributed by atoms with Crippen LogP contribution in [0.15, 0.2) is 95.8 Å². The Balaban J connectivity index is 0.817. The highest BCUT2D eigenvalue weighted by atomic mass is 32.1. The second-order valence-corrected chi connectivity index (χ2v) is 34.4. The summed E-state index contributed by atoms with van der Waals surface area (Å²) in [5, 5.41) is 17.0. The summed E-state index contributed by atoms with van der Waals surface area (Å²) in [4.78, 5) is 60.4. The second kappa shape index (κ2) is 23.4. The first-order chi connectivity index (χ1) is 34.8. The van der Waals surface area contributed by atoms with E-state index in [0.29, 0.717) is 45.4 Å². The molecule has 4 aromatic carbocycles. The van der Waals surface area contributed by atoms with Crippen molar-refractivity contribution in [1.29, 1.82) is 0 Å². The maximum atomic E-state index is 13.1. The van der Waals surface area contributed by atoms with Gasteiger partial charge in [-0.2, -0.15) is 0 Å². The number of rotatable bonds is 21. The fraction of sp³-hybridized carbons (Fsp3) is 0.517. The van der Waals surface area contributed by atoms with E-state index < -0.39 is 22.7 Å². The van der Waals surface area contributed by atoms with Gasteiger partial charge in [-0.3, -0.25) is 19.3 Å². The lowest BCUT2D eigenvalue weighted by Crippen LogP contribution is -2.56. The Morgan fingerprint density at radius 3 is 2.15 bits per heavy atom. The molecule has 1 aromatic heterocycles. The summed E-state index contributed by atoms with van der Waals surface area (Å²) < 4.78 is 14.7. The van der Waals surface area contributed by atoms with E-state index in [1.165, 1.54) is 11.3 Å². The van der Waals surface area contributed by atoms with Crippen molar-refractivity contribution in [3.8, 4) is 16.9 Å². The summed E-state index contributed by atoms with van der Waals surface area (Å²) in [7, 11) is -2.56. The van der Waals surface area contributed by atoms with Crippen LogP contribution in [-0.2, 0) is 20.6 Å². The number of carboxylic acid groups (broad SMARTS) is 1. The number of carbonyl (C=O) groups is 3. The zero-order chi connectivity index (χ0) is 53.6. The SMILES string of the molecule is CN(CCCCC(=O)Nc1ccc(CNC[C@H](O[Si](C)(C)C(C)(C)C)c2ccc(O[Si](C)(C)C(C)(C)C)c3[nH]c(=O)sc23)cc1)C(=O)CCN1CCC2(CC1)CC(N(C(=O)O)c1ccccc1-c1ccccc1)C2. The first-order valence-electron chi connectivity index (χ1n) is 26.6. The molecule has 5 aromatic rings. The molecule has 2 fully saturated rings.